The average Bonchev–Trinajstić information content (AvgIpc) is 3.00. The van der Waals surface area contributed by atoms with E-state index in [0.717, 1.165) is 11.5 Å². The summed E-state index contributed by atoms with van der Waals surface area (Å²) in [5, 5.41) is 4.01. The maximum atomic E-state index is 5.52. The predicted octanol–water partition coefficient (Wildman–Crippen LogP) is 2.28. The van der Waals surface area contributed by atoms with Crippen LogP contribution in [0.3, 0.4) is 0 Å². The molecule has 1 N–H and O–H groups in total. The Morgan fingerprint density at radius 3 is 2.89 bits per heavy atom. The Hall–Kier alpha value is -1.88. The molecule has 1 saturated heterocycles. The van der Waals surface area contributed by atoms with Crippen LogP contribution in [0, 0.1) is 0 Å². The van der Waals surface area contributed by atoms with Gasteiger partial charge in [-0.05, 0) is 36.5 Å². The van der Waals surface area contributed by atoms with Crippen molar-refractivity contribution in [2.45, 2.75) is 12.1 Å². The van der Waals surface area contributed by atoms with E-state index in [1.807, 2.05) is 42.3 Å². The number of aromatic nitrogens is 1. The molecule has 3 heterocycles. The normalized spacial score (nSPS) is 23.2. The molecule has 18 heavy (non-hydrogen) atoms. The van der Waals surface area contributed by atoms with Crippen LogP contribution in [0.25, 0.3) is 0 Å². The Kier molecular flexibility index (Phi) is 2.76. The van der Waals surface area contributed by atoms with Crippen molar-refractivity contribution in [1.29, 1.82) is 0 Å². The lowest BCUT2D eigenvalue weighted by molar-refractivity contribution is 0.308. The van der Waals surface area contributed by atoms with Gasteiger partial charge in [-0.2, -0.15) is 0 Å². The zero-order valence-corrected chi connectivity index (χ0v) is 10.7. The summed E-state index contributed by atoms with van der Waals surface area (Å²) in [6, 6.07) is 9.80. The number of furan rings is 1. The molecule has 2 aromatic rings. The standard InChI is InChI=1S/C13H13N3OS/c1-16-12(10-6-4-8-17-10)11(15-13(16)18)9-5-2-3-7-14-9/h2-8,11-12H,1H3,(H,15,18). The summed E-state index contributed by atoms with van der Waals surface area (Å²) in [4.78, 5) is 6.41. The van der Waals surface area contributed by atoms with Crippen LogP contribution in [0.2, 0.25) is 0 Å². The quantitative estimate of drug-likeness (QED) is 0.838. The lowest BCUT2D eigenvalue weighted by Gasteiger charge is -2.21. The second-order valence-corrected chi connectivity index (χ2v) is 4.64. The average molecular weight is 259 g/mol. The highest BCUT2D eigenvalue weighted by molar-refractivity contribution is 7.80. The van der Waals surface area contributed by atoms with E-state index in [9.17, 15) is 0 Å². The number of thiocarbonyl (C=S) groups is 1. The summed E-state index contributed by atoms with van der Waals surface area (Å²) in [6.45, 7) is 0. The third kappa shape index (κ3) is 1.76. The first-order valence-electron chi connectivity index (χ1n) is 5.75. The zero-order valence-electron chi connectivity index (χ0n) is 9.91. The Morgan fingerprint density at radius 1 is 1.33 bits per heavy atom. The molecule has 0 saturated carbocycles. The summed E-state index contributed by atoms with van der Waals surface area (Å²) < 4.78 is 5.52. The van der Waals surface area contributed by atoms with Crippen LogP contribution >= 0.6 is 12.2 Å². The molecule has 0 aromatic carbocycles. The molecule has 0 spiro atoms. The second-order valence-electron chi connectivity index (χ2n) is 4.25. The summed E-state index contributed by atoms with van der Waals surface area (Å²) in [5.74, 6) is 0.889. The van der Waals surface area contributed by atoms with E-state index in [1.165, 1.54) is 0 Å². The molecule has 5 heteroatoms. The van der Waals surface area contributed by atoms with Gasteiger partial charge in [0.25, 0.3) is 0 Å². The third-order valence-electron chi connectivity index (χ3n) is 3.17. The molecular formula is C13H13N3OS. The van der Waals surface area contributed by atoms with Gasteiger partial charge in [-0.15, -0.1) is 0 Å². The number of likely N-dealkylation sites (N-methyl/N-ethyl adjacent to an activating group) is 1. The predicted molar refractivity (Wildman–Crippen MR) is 71.9 cm³/mol. The Morgan fingerprint density at radius 2 is 2.22 bits per heavy atom. The van der Waals surface area contributed by atoms with Crippen LogP contribution in [-0.4, -0.2) is 22.0 Å². The highest BCUT2D eigenvalue weighted by atomic mass is 32.1. The van der Waals surface area contributed by atoms with Crippen molar-refractivity contribution >= 4 is 17.3 Å². The fraction of sp³-hybridized carbons (Fsp3) is 0.231. The van der Waals surface area contributed by atoms with E-state index in [0.29, 0.717) is 5.11 Å². The number of rotatable bonds is 2. The molecule has 4 nitrogen and oxygen atoms in total. The first kappa shape index (κ1) is 11.2. The molecule has 2 atom stereocenters. The zero-order chi connectivity index (χ0) is 12.5. The van der Waals surface area contributed by atoms with Crippen LogP contribution in [0.4, 0.5) is 0 Å². The fourth-order valence-corrected chi connectivity index (χ4v) is 2.51. The summed E-state index contributed by atoms with van der Waals surface area (Å²) in [7, 11) is 1.96. The molecule has 0 aliphatic carbocycles. The molecule has 0 bridgehead atoms. The molecule has 1 aliphatic rings. The van der Waals surface area contributed by atoms with Gasteiger partial charge in [0.05, 0.1) is 18.0 Å². The van der Waals surface area contributed by atoms with Crippen LogP contribution in [0.1, 0.15) is 23.5 Å². The van der Waals surface area contributed by atoms with Crippen molar-refractivity contribution in [3.63, 3.8) is 0 Å². The first-order chi connectivity index (χ1) is 8.77. The van der Waals surface area contributed by atoms with Gasteiger partial charge in [0.1, 0.15) is 11.8 Å². The van der Waals surface area contributed by atoms with Crippen LogP contribution in [-0.2, 0) is 0 Å². The minimum atomic E-state index is 0.0230. The van der Waals surface area contributed by atoms with Crippen molar-refractivity contribution < 1.29 is 4.42 Å². The van der Waals surface area contributed by atoms with E-state index in [4.69, 9.17) is 16.6 Å². The topological polar surface area (TPSA) is 41.3 Å². The van der Waals surface area contributed by atoms with Crippen LogP contribution in [0.5, 0.6) is 0 Å². The monoisotopic (exact) mass is 259 g/mol. The van der Waals surface area contributed by atoms with Gasteiger partial charge in [-0.3, -0.25) is 4.98 Å². The van der Waals surface area contributed by atoms with Crippen molar-refractivity contribution in [2.24, 2.45) is 0 Å². The molecular weight excluding hydrogens is 246 g/mol. The van der Waals surface area contributed by atoms with Crippen molar-refractivity contribution in [1.82, 2.24) is 15.2 Å². The molecule has 3 rings (SSSR count). The Balaban J connectivity index is 2.00. The lowest BCUT2D eigenvalue weighted by Crippen LogP contribution is -2.24. The minimum absolute atomic E-state index is 0.0230. The lowest BCUT2D eigenvalue weighted by atomic mass is 10.0. The van der Waals surface area contributed by atoms with Crippen molar-refractivity contribution in [2.75, 3.05) is 7.05 Å². The smallest absolute Gasteiger partial charge is 0.170 e. The number of hydrogen-bond donors (Lipinski definition) is 1. The molecule has 0 amide bonds. The molecule has 2 unspecified atom stereocenters. The third-order valence-corrected chi connectivity index (χ3v) is 3.58. The SMILES string of the molecule is CN1C(=S)NC(c2ccccn2)C1c1ccco1. The number of nitrogens with one attached hydrogen (secondary N) is 1. The molecule has 1 aliphatic heterocycles. The minimum Gasteiger partial charge on any atom is -0.467 e. The van der Waals surface area contributed by atoms with E-state index < -0.39 is 0 Å². The van der Waals surface area contributed by atoms with Crippen molar-refractivity contribution in [3.05, 3.63) is 54.2 Å². The molecule has 2 aromatic heterocycles. The van der Waals surface area contributed by atoms with Gasteiger partial charge in [0, 0.05) is 13.2 Å². The summed E-state index contributed by atoms with van der Waals surface area (Å²) in [5.41, 5.74) is 0.964. The van der Waals surface area contributed by atoms with Gasteiger partial charge >= 0.3 is 0 Å². The van der Waals surface area contributed by atoms with Gasteiger partial charge in [0.15, 0.2) is 5.11 Å². The highest BCUT2D eigenvalue weighted by Gasteiger charge is 2.39. The van der Waals surface area contributed by atoms with E-state index in [2.05, 4.69) is 10.3 Å². The van der Waals surface area contributed by atoms with E-state index in [1.54, 1.807) is 12.5 Å². The molecule has 0 radical (unpaired) electrons. The van der Waals surface area contributed by atoms with Gasteiger partial charge in [-0.1, -0.05) is 6.07 Å². The molecule has 1 fully saturated rings. The summed E-state index contributed by atoms with van der Waals surface area (Å²) in [6.07, 6.45) is 3.47. The molecule has 92 valence electrons. The van der Waals surface area contributed by atoms with Crippen LogP contribution < -0.4 is 5.32 Å². The summed E-state index contributed by atoms with van der Waals surface area (Å²) >= 11 is 5.32. The first-order valence-corrected chi connectivity index (χ1v) is 6.16. The fourth-order valence-electron chi connectivity index (χ4n) is 2.27. The van der Waals surface area contributed by atoms with Crippen LogP contribution in [0.15, 0.2) is 47.2 Å². The van der Waals surface area contributed by atoms with E-state index in [-0.39, 0.29) is 12.1 Å². The largest absolute Gasteiger partial charge is 0.467 e. The highest BCUT2D eigenvalue weighted by Crippen LogP contribution is 2.37. The number of nitrogens with zero attached hydrogens (tertiary/aromatic N) is 2. The Bertz CT molecular complexity index is 541. The number of hydrogen-bond acceptors (Lipinski definition) is 3. The number of pyridine rings is 1. The second kappa shape index (κ2) is 4.42. The van der Waals surface area contributed by atoms with Gasteiger partial charge < -0.3 is 14.6 Å². The maximum Gasteiger partial charge on any atom is 0.170 e. The van der Waals surface area contributed by atoms with Gasteiger partial charge in [-0.25, -0.2) is 0 Å². The maximum absolute atomic E-state index is 5.52. The Labute approximate surface area is 111 Å². The van der Waals surface area contributed by atoms with E-state index >= 15 is 0 Å². The van der Waals surface area contributed by atoms with Crippen molar-refractivity contribution in [3.8, 4) is 0 Å². The van der Waals surface area contributed by atoms with Gasteiger partial charge in [0.2, 0.25) is 0 Å².